The molecule has 6 heteroatoms. The molecule has 0 bridgehead atoms. The Labute approximate surface area is 117 Å². The predicted molar refractivity (Wildman–Crippen MR) is 72.1 cm³/mol. The lowest BCUT2D eigenvalue weighted by Crippen LogP contribution is -2.40. The fourth-order valence-corrected chi connectivity index (χ4v) is 1.38. The van der Waals surface area contributed by atoms with Crippen molar-refractivity contribution in [2.45, 2.75) is 26.9 Å². The van der Waals surface area contributed by atoms with Crippen molar-refractivity contribution in [3.63, 3.8) is 0 Å². The molecule has 1 rings (SSSR count). The van der Waals surface area contributed by atoms with Gasteiger partial charge in [0.2, 0.25) is 0 Å². The first-order chi connectivity index (χ1) is 9.32. The molecule has 0 heterocycles. The molecule has 0 radical (unpaired) electrons. The highest BCUT2D eigenvalue weighted by molar-refractivity contribution is 5.62. The fraction of sp³-hybridized carbons (Fsp3) is 0.429. The molecule has 1 aromatic rings. The molecule has 1 atom stereocenters. The van der Waals surface area contributed by atoms with Crippen LogP contribution in [0.15, 0.2) is 24.3 Å². The van der Waals surface area contributed by atoms with Crippen LogP contribution in [0.4, 0.5) is 4.79 Å². The van der Waals surface area contributed by atoms with Crippen molar-refractivity contribution < 1.29 is 19.5 Å². The number of carbonyl (C=O) groups is 1. The van der Waals surface area contributed by atoms with Gasteiger partial charge in [-0.15, -0.1) is 0 Å². The summed E-state index contributed by atoms with van der Waals surface area (Å²) in [4.78, 5) is 15.6. The highest BCUT2D eigenvalue weighted by Crippen LogP contribution is 2.23. The predicted octanol–water partition coefficient (Wildman–Crippen LogP) is 2.55. The Hall–Kier alpha value is -2.26. The van der Waals surface area contributed by atoms with Gasteiger partial charge in [0.05, 0.1) is 11.6 Å². The zero-order valence-electron chi connectivity index (χ0n) is 11.7. The molecule has 0 aliphatic heterocycles. The molecule has 0 fully saturated rings. The minimum Gasteiger partial charge on any atom is -0.491 e. The molecule has 1 unspecified atom stereocenters. The van der Waals surface area contributed by atoms with Gasteiger partial charge in [-0.05, 0) is 29.7 Å². The van der Waals surface area contributed by atoms with Crippen molar-refractivity contribution >= 4 is 6.09 Å². The summed E-state index contributed by atoms with van der Waals surface area (Å²) in [6.07, 6.45) is -1.70. The first kappa shape index (κ1) is 15.8. The fourth-order valence-electron chi connectivity index (χ4n) is 1.38. The summed E-state index contributed by atoms with van der Waals surface area (Å²) in [5.41, 5.74) is 2.15. The Kier molecular flexibility index (Phi) is 5.35. The average molecular weight is 278 g/mol. The minimum absolute atomic E-state index is 0.190. The first-order valence-corrected chi connectivity index (χ1v) is 6.10. The van der Waals surface area contributed by atoms with Crippen LogP contribution in [0.1, 0.15) is 26.3 Å². The van der Waals surface area contributed by atoms with Crippen LogP contribution in [0.3, 0.4) is 0 Å². The Morgan fingerprint density at radius 3 is 2.45 bits per heavy atom. The van der Waals surface area contributed by atoms with Crippen molar-refractivity contribution in [3.8, 4) is 11.8 Å². The quantitative estimate of drug-likeness (QED) is 0.807. The van der Waals surface area contributed by atoms with E-state index in [4.69, 9.17) is 19.9 Å². The summed E-state index contributed by atoms with van der Waals surface area (Å²) >= 11 is 0. The van der Waals surface area contributed by atoms with Crippen LogP contribution in [-0.4, -0.2) is 23.9 Å². The summed E-state index contributed by atoms with van der Waals surface area (Å²) in [7, 11) is 0. The van der Waals surface area contributed by atoms with Crippen molar-refractivity contribution in [2.75, 3.05) is 6.61 Å². The number of carboxylic acid groups (broad SMARTS) is 1. The van der Waals surface area contributed by atoms with E-state index >= 15 is 0 Å². The van der Waals surface area contributed by atoms with Crippen LogP contribution in [-0.2, 0) is 4.84 Å². The van der Waals surface area contributed by atoms with E-state index in [9.17, 15) is 4.79 Å². The molecule has 1 aromatic carbocycles. The highest BCUT2D eigenvalue weighted by Gasteiger charge is 2.27. The van der Waals surface area contributed by atoms with Gasteiger partial charge in [-0.2, -0.15) is 10.7 Å². The second kappa shape index (κ2) is 6.78. The van der Waals surface area contributed by atoms with Gasteiger partial charge >= 0.3 is 6.09 Å². The van der Waals surface area contributed by atoms with E-state index in [1.165, 1.54) is 0 Å². The molecule has 0 aliphatic rings. The lowest BCUT2D eigenvalue weighted by Gasteiger charge is -2.29. The molecule has 2 N–H and O–H groups in total. The average Bonchev–Trinajstić information content (AvgIpc) is 2.37. The monoisotopic (exact) mass is 278 g/mol. The Bertz CT molecular complexity index is 485. The summed E-state index contributed by atoms with van der Waals surface area (Å²) in [6, 6.07) is 8.69. The number of hydrogen-bond donors (Lipinski definition) is 2. The zero-order chi connectivity index (χ0) is 15.2. The van der Waals surface area contributed by atoms with Gasteiger partial charge in [0.25, 0.3) is 0 Å². The third kappa shape index (κ3) is 5.16. The summed E-state index contributed by atoms with van der Waals surface area (Å²) in [5, 5.41) is 17.3. The van der Waals surface area contributed by atoms with Crippen LogP contribution < -0.4 is 10.2 Å². The Morgan fingerprint density at radius 1 is 1.40 bits per heavy atom. The van der Waals surface area contributed by atoms with E-state index in [0.717, 1.165) is 0 Å². The van der Waals surface area contributed by atoms with Crippen molar-refractivity contribution in [2.24, 2.45) is 5.41 Å². The van der Waals surface area contributed by atoms with E-state index < -0.39 is 12.2 Å². The second-order valence-corrected chi connectivity index (χ2v) is 5.33. The zero-order valence-corrected chi connectivity index (χ0v) is 11.7. The maximum absolute atomic E-state index is 10.5. The highest BCUT2D eigenvalue weighted by atomic mass is 16.7. The van der Waals surface area contributed by atoms with Crippen molar-refractivity contribution in [3.05, 3.63) is 29.8 Å². The number of hydrogen-bond acceptors (Lipinski definition) is 4. The molecule has 108 valence electrons. The SMILES string of the molecule is CC(C)(C)C(COc1ccc(C#N)cc1)ONC(=O)O. The van der Waals surface area contributed by atoms with Crippen molar-refractivity contribution in [1.82, 2.24) is 5.48 Å². The summed E-state index contributed by atoms with van der Waals surface area (Å²) in [5.74, 6) is 0.595. The molecule has 0 saturated carbocycles. The Balaban J connectivity index is 2.61. The van der Waals surface area contributed by atoms with Crippen LogP contribution in [0, 0.1) is 16.7 Å². The Morgan fingerprint density at radius 2 is 2.00 bits per heavy atom. The molecule has 0 aromatic heterocycles. The number of nitriles is 1. The van der Waals surface area contributed by atoms with Crippen LogP contribution >= 0.6 is 0 Å². The van der Waals surface area contributed by atoms with E-state index in [-0.39, 0.29) is 12.0 Å². The van der Waals surface area contributed by atoms with Crippen molar-refractivity contribution in [1.29, 1.82) is 5.26 Å². The van der Waals surface area contributed by atoms with E-state index in [1.807, 2.05) is 32.3 Å². The van der Waals surface area contributed by atoms with Crippen LogP contribution in [0.25, 0.3) is 0 Å². The number of nitrogens with zero attached hydrogens (tertiary/aromatic N) is 1. The van der Waals surface area contributed by atoms with Gasteiger partial charge in [-0.1, -0.05) is 20.8 Å². The molecule has 0 saturated heterocycles. The van der Waals surface area contributed by atoms with E-state index in [1.54, 1.807) is 24.3 Å². The summed E-state index contributed by atoms with van der Waals surface area (Å²) in [6.45, 7) is 5.95. The van der Waals surface area contributed by atoms with Crippen LogP contribution in [0.5, 0.6) is 5.75 Å². The van der Waals surface area contributed by atoms with Gasteiger partial charge in [0.15, 0.2) is 0 Å². The molecule has 0 aliphatic carbocycles. The van der Waals surface area contributed by atoms with Gasteiger partial charge in [-0.25, -0.2) is 4.79 Å². The van der Waals surface area contributed by atoms with Gasteiger partial charge in [0, 0.05) is 0 Å². The molecule has 6 nitrogen and oxygen atoms in total. The number of amides is 1. The maximum Gasteiger partial charge on any atom is 0.428 e. The van der Waals surface area contributed by atoms with Crippen LogP contribution in [0.2, 0.25) is 0 Å². The van der Waals surface area contributed by atoms with E-state index in [2.05, 4.69) is 0 Å². The first-order valence-electron chi connectivity index (χ1n) is 6.10. The molecule has 1 amide bonds. The number of benzene rings is 1. The largest absolute Gasteiger partial charge is 0.491 e. The third-order valence-corrected chi connectivity index (χ3v) is 2.64. The molecular formula is C14H18N2O4. The second-order valence-electron chi connectivity index (χ2n) is 5.33. The summed E-state index contributed by atoms with van der Waals surface area (Å²) < 4.78 is 5.56. The standard InChI is InChI=1S/C14H18N2O4/c1-14(2,3)12(20-16-13(17)18)9-19-11-6-4-10(8-15)5-7-11/h4-7,12,16H,9H2,1-3H3,(H,17,18). The minimum atomic E-state index is -1.25. The molecular weight excluding hydrogens is 260 g/mol. The number of ether oxygens (including phenoxy) is 1. The number of hydroxylamine groups is 1. The third-order valence-electron chi connectivity index (χ3n) is 2.64. The molecule has 20 heavy (non-hydrogen) atoms. The normalized spacial score (nSPS) is 12.3. The number of nitrogens with one attached hydrogen (secondary N) is 1. The van der Waals surface area contributed by atoms with Gasteiger partial charge in [0.1, 0.15) is 18.5 Å². The molecule has 0 spiro atoms. The van der Waals surface area contributed by atoms with E-state index in [0.29, 0.717) is 11.3 Å². The number of rotatable bonds is 5. The smallest absolute Gasteiger partial charge is 0.428 e. The lowest BCUT2D eigenvalue weighted by atomic mass is 9.89. The lowest BCUT2D eigenvalue weighted by molar-refractivity contribution is -0.0859. The maximum atomic E-state index is 10.5. The van der Waals surface area contributed by atoms with Gasteiger partial charge in [-0.3, -0.25) is 4.84 Å². The van der Waals surface area contributed by atoms with Gasteiger partial charge < -0.3 is 9.84 Å². The topological polar surface area (TPSA) is 91.6 Å².